The van der Waals surface area contributed by atoms with Crippen LogP contribution in [-0.4, -0.2) is 44.1 Å². The smallest absolute Gasteiger partial charge is 0.241 e. The van der Waals surface area contributed by atoms with Crippen LogP contribution in [0.2, 0.25) is 0 Å². The molecule has 0 aromatic heterocycles. The monoisotopic (exact) mass is 376 g/mol. The van der Waals surface area contributed by atoms with E-state index in [0.29, 0.717) is 16.6 Å². The van der Waals surface area contributed by atoms with E-state index in [0.717, 1.165) is 13.1 Å². The van der Waals surface area contributed by atoms with E-state index in [4.69, 9.17) is 5.11 Å². The molecular formula is C14H21BrN2O3S. The third-order valence-corrected chi connectivity index (χ3v) is 6.20. The molecule has 118 valence electrons. The molecule has 0 radical (unpaired) electrons. The molecule has 1 aliphatic rings. The molecule has 21 heavy (non-hydrogen) atoms. The molecule has 0 saturated carbocycles. The van der Waals surface area contributed by atoms with Crippen LogP contribution in [0.5, 0.6) is 0 Å². The highest BCUT2D eigenvalue weighted by Crippen LogP contribution is 2.23. The van der Waals surface area contributed by atoms with Gasteiger partial charge in [-0.05, 0) is 66.5 Å². The summed E-state index contributed by atoms with van der Waals surface area (Å²) in [4.78, 5) is 2.50. The molecule has 5 nitrogen and oxygen atoms in total. The van der Waals surface area contributed by atoms with E-state index < -0.39 is 10.0 Å². The Morgan fingerprint density at radius 2 is 2.05 bits per heavy atom. The van der Waals surface area contributed by atoms with E-state index in [-0.39, 0.29) is 17.5 Å². The van der Waals surface area contributed by atoms with Gasteiger partial charge in [-0.3, -0.25) is 4.90 Å². The van der Waals surface area contributed by atoms with Crippen molar-refractivity contribution in [2.45, 2.75) is 37.3 Å². The molecule has 2 rings (SSSR count). The van der Waals surface area contributed by atoms with E-state index in [1.807, 2.05) is 6.92 Å². The second-order valence-corrected chi connectivity index (χ2v) is 7.96. The Morgan fingerprint density at radius 3 is 2.62 bits per heavy atom. The Kier molecular flexibility index (Phi) is 5.79. The molecule has 1 fully saturated rings. The zero-order valence-corrected chi connectivity index (χ0v) is 14.5. The first-order valence-electron chi connectivity index (χ1n) is 7.07. The summed E-state index contributed by atoms with van der Waals surface area (Å²) >= 11 is 3.26. The number of hydrogen-bond donors (Lipinski definition) is 2. The first-order chi connectivity index (χ1) is 9.94. The molecule has 1 atom stereocenters. The zero-order valence-electron chi connectivity index (χ0n) is 12.0. The third-order valence-electron chi connectivity index (χ3n) is 3.80. The van der Waals surface area contributed by atoms with Gasteiger partial charge in [0.25, 0.3) is 0 Å². The van der Waals surface area contributed by atoms with Crippen LogP contribution >= 0.6 is 15.9 Å². The molecule has 1 saturated heterocycles. The van der Waals surface area contributed by atoms with Crippen LogP contribution in [-0.2, 0) is 16.6 Å². The zero-order chi connectivity index (χ0) is 15.5. The fraction of sp³-hybridized carbons (Fsp3) is 0.571. The molecule has 0 aliphatic carbocycles. The largest absolute Gasteiger partial charge is 0.392 e. The van der Waals surface area contributed by atoms with E-state index in [9.17, 15) is 8.42 Å². The molecule has 7 heteroatoms. The van der Waals surface area contributed by atoms with Gasteiger partial charge in [-0.1, -0.05) is 6.07 Å². The van der Waals surface area contributed by atoms with Crippen molar-refractivity contribution in [3.05, 3.63) is 28.2 Å². The van der Waals surface area contributed by atoms with Crippen LogP contribution in [0.4, 0.5) is 0 Å². The van der Waals surface area contributed by atoms with Gasteiger partial charge in [0.05, 0.1) is 11.5 Å². The summed E-state index contributed by atoms with van der Waals surface area (Å²) in [5, 5.41) is 9.06. The standard InChI is InChI=1S/C14H21BrN2O3S/c1-11(17-6-2-3-7-17)9-16-21(19,20)14-5-4-12(10-18)8-13(14)15/h4-5,8,11,16,18H,2-3,6-7,9-10H2,1H3. The number of hydrogen-bond acceptors (Lipinski definition) is 4. The molecule has 1 heterocycles. The first-order valence-corrected chi connectivity index (χ1v) is 9.34. The minimum Gasteiger partial charge on any atom is -0.392 e. The van der Waals surface area contributed by atoms with E-state index in [1.165, 1.54) is 18.9 Å². The predicted octanol–water partition coefficient (Wildman–Crippen LogP) is 1.70. The number of nitrogens with one attached hydrogen (secondary N) is 1. The van der Waals surface area contributed by atoms with Crippen molar-refractivity contribution < 1.29 is 13.5 Å². The van der Waals surface area contributed by atoms with Crippen molar-refractivity contribution >= 4 is 26.0 Å². The topological polar surface area (TPSA) is 69.6 Å². The van der Waals surface area contributed by atoms with E-state index >= 15 is 0 Å². The molecular weight excluding hydrogens is 356 g/mol. The molecule has 0 spiro atoms. The maximum absolute atomic E-state index is 12.3. The highest BCUT2D eigenvalue weighted by Gasteiger charge is 2.22. The number of benzene rings is 1. The van der Waals surface area contributed by atoms with Crippen molar-refractivity contribution in [2.75, 3.05) is 19.6 Å². The number of aliphatic hydroxyl groups excluding tert-OH is 1. The van der Waals surface area contributed by atoms with Crippen LogP contribution in [0.1, 0.15) is 25.3 Å². The summed E-state index contributed by atoms with van der Waals surface area (Å²) in [6.07, 6.45) is 2.37. The average Bonchev–Trinajstić information content (AvgIpc) is 2.98. The lowest BCUT2D eigenvalue weighted by Crippen LogP contribution is -2.40. The first kappa shape index (κ1) is 16.9. The Bertz CT molecular complexity index is 586. The second-order valence-electron chi connectivity index (χ2n) is 5.37. The van der Waals surface area contributed by atoms with Gasteiger partial charge in [-0.2, -0.15) is 0 Å². The maximum Gasteiger partial charge on any atom is 0.241 e. The Labute approximate surface area is 134 Å². The normalized spacial score (nSPS) is 18.0. The van der Waals surface area contributed by atoms with Crippen LogP contribution < -0.4 is 4.72 Å². The van der Waals surface area contributed by atoms with Crippen molar-refractivity contribution in [2.24, 2.45) is 0 Å². The Hall–Kier alpha value is -0.470. The third kappa shape index (κ3) is 4.26. The van der Waals surface area contributed by atoms with Gasteiger partial charge in [0, 0.05) is 17.1 Å². The molecule has 2 N–H and O–H groups in total. The number of sulfonamides is 1. The van der Waals surface area contributed by atoms with E-state index in [2.05, 4.69) is 25.6 Å². The van der Waals surface area contributed by atoms with Crippen LogP contribution in [0, 0.1) is 0 Å². The number of nitrogens with zero attached hydrogens (tertiary/aromatic N) is 1. The summed E-state index contributed by atoms with van der Waals surface area (Å²) in [7, 11) is -3.55. The van der Waals surface area contributed by atoms with Gasteiger partial charge in [-0.15, -0.1) is 0 Å². The SMILES string of the molecule is CC(CNS(=O)(=O)c1ccc(CO)cc1Br)N1CCCC1. The van der Waals surface area contributed by atoms with Crippen molar-refractivity contribution in [3.63, 3.8) is 0 Å². The summed E-state index contributed by atoms with van der Waals surface area (Å²) in [6.45, 7) is 4.40. The molecule has 1 unspecified atom stereocenters. The van der Waals surface area contributed by atoms with E-state index in [1.54, 1.807) is 12.1 Å². The Balaban J connectivity index is 2.04. The van der Waals surface area contributed by atoms with Crippen LogP contribution in [0.3, 0.4) is 0 Å². The number of halogens is 1. The maximum atomic E-state index is 12.3. The van der Waals surface area contributed by atoms with Crippen LogP contribution in [0.25, 0.3) is 0 Å². The van der Waals surface area contributed by atoms with Gasteiger partial charge < -0.3 is 5.11 Å². The minimum absolute atomic E-state index is 0.113. The lowest BCUT2D eigenvalue weighted by atomic mass is 10.2. The molecule has 1 aliphatic heterocycles. The van der Waals surface area contributed by atoms with Crippen molar-refractivity contribution in [3.8, 4) is 0 Å². The van der Waals surface area contributed by atoms with Crippen molar-refractivity contribution in [1.29, 1.82) is 0 Å². The summed E-state index contributed by atoms with van der Waals surface area (Å²) < 4.78 is 27.8. The van der Waals surface area contributed by atoms with Gasteiger partial charge in [0.1, 0.15) is 0 Å². The average molecular weight is 377 g/mol. The number of aliphatic hydroxyl groups is 1. The predicted molar refractivity (Wildman–Crippen MR) is 85.5 cm³/mol. The molecule has 0 bridgehead atoms. The lowest BCUT2D eigenvalue weighted by molar-refractivity contribution is 0.260. The molecule has 0 amide bonds. The lowest BCUT2D eigenvalue weighted by Gasteiger charge is -2.23. The minimum atomic E-state index is -3.55. The molecule has 1 aromatic rings. The quantitative estimate of drug-likeness (QED) is 0.792. The fourth-order valence-corrected chi connectivity index (χ4v) is 4.72. The van der Waals surface area contributed by atoms with Crippen LogP contribution in [0.15, 0.2) is 27.6 Å². The highest BCUT2D eigenvalue weighted by atomic mass is 79.9. The highest BCUT2D eigenvalue weighted by molar-refractivity contribution is 9.10. The van der Waals surface area contributed by atoms with Gasteiger partial charge in [-0.25, -0.2) is 13.1 Å². The second kappa shape index (κ2) is 7.19. The number of likely N-dealkylation sites (tertiary alicyclic amines) is 1. The fourth-order valence-electron chi connectivity index (χ4n) is 2.48. The van der Waals surface area contributed by atoms with Gasteiger partial charge in [0.15, 0.2) is 0 Å². The summed E-state index contributed by atoms with van der Waals surface area (Å²) in [5.41, 5.74) is 0.672. The molecule has 1 aromatic carbocycles. The van der Waals surface area contributed by atoms with Gasteiger partial charge in [0.2, 0.25) is 10.0 Å². The Morgan fingerprint density at radius 1 is 1.38 bits per heavy atom. The summed E-state index contributed by atoms with van der Waals surface area (Å²) in [5.74, 6) is 0. The number of rotatable bonds is 6. The van der Waals surface area contributed by atoms with Crippen molar-refractivity contribution in [1.82, 2.24) is 9.62 Å². The van der Waals surface area contributed by atoms with Gasteiger partial charge >= 0.3 is 0 Å². The summed E-state index contributed by atoms with van der Waals surface area (Å²) in [6, 6.07) is 4.94.